The Hall–Kier alpha value is 3.17. The third-order valence-corrected chi connectivity index (χ3v) is 0. The van der Waals surface area contributed by atoms with Crippen LogP contribution in [0.2, 0.25) is 0 Å². The predicted octanol–water partition coefficient (Wildman–Crippen LogP) is -0.391. The van der Waals surface area contributed by atoms with E-state index >= 15 is 0 Å². The molecule has 31 valence electrons. The summed E-state index contributed by atoms with van der Waals surface area (Å²) in [5, 5.41) is 0. The molecule has 5 heteroatoms. The summed E-state index contributed by atoms with van der Waals surface area (Å²) >= 11 is 0. The van der Waals surface area contributed by atoms with Gasteiger partial charge < -0.3 is 0 Å². The molecule has 5 heavy (non-hydrogen) atoms. The van der Waals surface area contributed by atoms with Crippen LogP contribution in [-0.2, 0) is 83.3 Å². The van der Waals surface area contributed by atoms with Gasteiger partial charge in [0.05, 0.1) is 0 Å². The van der Waals surface area contributed by atoms with Crippen LogP contribution in [0, 0.1) is 0 Å². The topological polar surface area (TPSA) is 0 Å². The fourth-order valence-electron chi connectivity index (χ4n) is 0. The summed E-state index contributed by atoms with van der Waals surface area (Å²) in [4.78, 5) is 0. The second kappa shape index (κ2) is 27.2. The van der Waals surface area contributed by atoms with Gasteiger partial charge in [-0.15, -0.1) is 0 Å². The summed E-state index contributed by atoms with van der Waals surface area (Å²) in [7, 11) is 0. The Morgan fingerprint density at radius 1 is 1.00 bits per heavy atom. The van der Waals surface area contributed by atoms with E-state index in [1.165, 1.54) is 0 Å². The summed E-state index contributed by atoms with van der Waals surface area (Å²) in [6.45, 7) is 0. The third kappa shape index (κ3) is 19.1. The average Bonchev–Trinajstić information content (AvgIpc) is 0. The van der Waals surface area contributed by atoms with Gasteiger partial charge in [-0.2, -0.15) is 0 Å². The Labute approximate surface area is 98.9 Å². The molecule has 0 heterocycles. The minimum atomic E-state index is 0. The minimum Gasteiger partial charge on any atom is 0 e. The molecule has 0 aromatic rings. The largest absolute Gasteiger partial charge is 0 e. The fraction of sp³-hybridized carbons (Fsp3) is 0. The van der Waals surface area contributed by atoms with Crippen LogP contribution in [0.4, 0.5) is 0 Å². The number of hydrogen-bond acceptors (Lipinski definition) is 0. The normalized spacial score (nSPS) is 0. The second-order valence-electron chi connectivity index (χ2n) is 0. The van der Waals surface area contributed by atoms with Crippen LogP contribution in [0.15, 0.2) is 0 Å². The molecule has 0 amide bonds. The molecule has 0 aliphatic carbocycles. The van der Waals surface area contributed by atoms with Gasteiger partial charge in [-0.1, -0.05) is 0 Å². The van der Waals surface area contributed by atoms with E-state index in [2.05, 4.69) is 0 Å². The Balaban J connectivity index is 0. The maximum absolute atomic E-state index is 0. The molecule has 0 saturated carbocycles. The Morgan fingerprint density at radius 3 is 1.00 bits per heavy atom. The first-order valence-corrected chi connectivity index (χ1v) is 0. The van der Waals surface area contributed by atoms with Crippen molar-refractivity contribution in [1.82, 2.24) is 0 Å². The zero-order valence-corrected chi connectivity index (χ0v) is 9.51. The van der Waals surface area contributed by atoms with Crippen molar-refractivity contribution in [3.05, 3.63) is 0 Å². The molecule has 0 bridgehead atoms. The van der Waals surface area contributed by atoms with E-state index < -0.39 is 0 Å². The molecule has 0 aliphatic heterocycles. The Morgan fingerprint density at radius 2 is 1.00 bits per heavy atom. The first-order chi connectivity index (χ1) is 0. The SMILES string of the molecule is [Al].[Co].[Cr].[Ni].[Y]. The molecule has 0 atom stereocenters. The van der Waals surface area contributed by atoms with E-state index in [4.69, 9.17) is 0 Å². The summed E-state index contributed by atoms with van der Waals surface area (Å²) in [6, 6.07) is 0. The van der Waals surface area contributed by atoms with Crippen LogP contribution >= 0.6 is 0 Å². The molecule has 0 aliphatic rings. The summed E-state index contributed by atoms with van der Waals surface area (Å²) in [5.41, 5.74) is 0. The first kappa shape index (κ1) is 41.8. The predicted molar refractivity (Wildman–Crippen MR) is 5.75 cm³/mol. The van der Waals surface area contributed by atoms with Gasteiger partial charge in [-0.05, 0) is 0 Å². The zero-order valence-electron chi connectivity index (χ0n) is 2.21. The van der Waals surface area contributed by atoms with E-state index in [0.717, 1.165) is 0 Å². The fourth-order valence-corrected chi connectivity index (χ4v) is 0. The molecule has 0 fully saturated rings. The molecule has 0 unspecified atom stereocenters. The van der Waals surface area contributed by atoms with Gasteiger partial charge >= 0.3 is 0 Å². The number of hydrogen-bond donors (Lipinski definition) is 0. The van der Waals surface area contributed by atoms with Crippen LogP contribution in [0.1, 0.15) is 0 Å². The Kier molecular flexibility index (Phi) is 227. The molecule has 0 aromatic heterocycles. The zero-order chi connectivity index (χ0) is 0. The van der Waals surface area contributed by atoms with Gasteiger partial charge in [0, 0.05) is 101 Å². The van der Waals surface area contributed by atoms with Gasteiger partial charge in [0.25, 0.3) is 0 Å². The maximum atomic E-state index is 0. The van der Waals surface area contributed by atoms with Gasteiger partial charge in [0.2, 0.25) is 0 Å². The second-order valence-corrected chi connectivity index (χ2v) is 0. The molecular weight excluding hydrogens is 286 g/mol. The average molecular weight is 286 g/mol. The molecule has 5 radical (unpaired) electrons. The van der Waals surface area contributed by atoms with Crippen LogP contribution in [0.25, 0.3) is 0 Å². The smallest absolute Gasteiger partial charge is 0 e. The van der Waals surface area contributed by atoms with Crippen molar-refractivity contribution in [2.75, 3.05) is 0 Å². The van der Waals surface area contributed by atoms with E-state index in [1.807, 2.05) is 0 Å². The molecule has 0 nitrogen and oxygen atoms in total. The molecule has 0 spiro atoms. The van der Waals surface area contributed by atoms with Crippen molar-refractivity contribution in [2.24, 2.45) is 0 Å². The van der Waals surface area contributed by atoms with Crippen LogP contribution in [-0.4, -0.2) is 17.4 Å². The van der Waals surface area contributed by atoms with Gasteiger partial charge in [-0.25, -0.2) is 0 Å². The van der Waals surface area contributed by atoms with E-state index in [0.29, 0.717) is 0 Å². The summed E-state index contributed by atoms with van der Waals surface area (Å²) in [5.74, 6) is 0. The Bertz CT molecular complexity index is 11.6. The van der Waals surface area contributed by atoms with Crippen LogP contribution in [0.3, 0.4) is 0 Å². The molecule has 0 saturated heterocycles. The van der Waals surface area contributed by atoms with E-state index in [1.54, 1.807) is 0 Å². The quantitative estimate of drug-likeness (QED) is 0.532. The maximum Gasteiger partial charge on any atom is 0 e. The van der Waals surface area contributed by atoms with E-state index in [-0.39, 0.29) is 101 Å². The number of rotatable bonds is 0. The third-order valence-electron chi connectivity index (χ3n) is 0. The molecule has 0 N–H and O–H groups in total. The monoisotopic (exact) mass is 285 g/mol. The first-order valence-electron chi connectivity index (χ1n) is 0. The van der Waals surface area contributed by atoms with Crippen molar-refractivity contribution >= 4 is 17.4 Å². The molecular formula is AlCoCrNiY. The van der Waals surface area contributed by atoms with Crippen LogP contribution in [0.5, 0.6) is 0 Å². The van der Waals surface area contributed by atoms with Gasteiger partial charge in [0.1, 0.15) is 0 Å². The van der Waals surface area contributed by atoms with Crippen molar-refractivity contribution in [1.29, 1.82) is 0 Å². The summed E-state index contributed by atoms with van der Waals surface area (Å²) < 4.78 is 0. The van der Waals surface area contributed by atoms with Crippen molar-refractivity contribution in [2.45, 2.75) is 0 Å². The van der Waals surface area contributed by atoms with Crippen molar-refractivity contribution < 1.29 is 83.3 Å². The minimum absolute atomic E-state index is 0. The van der Waals surface area contributed by atoms with Crippen molar-refractivity contribution in [3.63, 3.8) is 0 Å². The van der Waals surface area contributed by atoms with Gasteiger partial charge in [0.15, 0.2) is 0 Å². The van der Waals surface area contributed by atoms with E-state index in [9.17, 15) is 0 Å². The van der Waals surface area contributed by atoms with Crippen molar-refractivity contribution in [3.8, 4) is 0 Å². The summed E-state index contributed by atoms with van der Waals surface area (Å²) in [6.07, 6.45) is 0. The molecule has 0 rings (SSSR count). The van der Waals surface area contributed by atoms with Crippen LogP contribution < -0.4 is 0 Å². The van der Waals surface area contributed by atoms with Gasteiger partial charge in [-0.3, -0.25) is 0 Å². The standard InChI is InChI=1S/Al.Co.Cr.Ni.Y. The molecule has 0 aromatic carbocycles.